The second kappa shape index (κ2) is 7.44. The highest BCUT2D eigenvalue weighted by Crippen LogP contribution is 2.24. The Kier molecular flexibility index (Phi) is 5.11. The molecule has 1 aromatic carbocycles. The summed E-state index contributed by atoms with van der Waals surface area (Å²) < 4.78 is 0. The van der Waals surface area contributed by atoms with Crippen molar-refractivity contribution in [3.63, 3.8) is 0 Å². The molecule has 0 radical (unpaired) electrons. The van der Waals surface area contributed by atoms with Gasteiger partial charge in [0.25, 0.3) is 0 Å². The zero-order valence-corrected chi connectivity index (χ0v) is 14.1. The van der Waals surface area contributed by atoms with Gasteiger partial charge in [-0.25, -0.2) is 4.98 Å². The van der Waals surface area contributed by atoms with Gasteiger partial charge >= 0.3 is 0 Å². The Labute approximate surface area is 138 Å². The van der Waals surface area contributed by atoms with E-state index in [1.807, 2.05) is 12.3 Å². The highest BCUT2D eigenvalue weighted by atomic mass is 15.1. The number of nitrogens with one attached hydrogen (secondary N) is 2. The molecule has 3 rings (SSSR count). The summed E-state index contributed by atoms with van der Waals surface area (Å²) >= 11 is 0. The average molecular weight is 310 g/mol. The standard InChI is InChI=1S/C19H26N4/c1-14-8-7-9-15(2)18(14)23-19-20-13-12-17(22-19)21-16-10-5-3-4-6-11-16/h7-9,12-13,16H,3-6,10-11H2,1-2H3,(H2,20,21,22,23). The fourth-order valence-electron chi connectivity index (χ4n) is 3.26. The van der Waals surface area contributed by atoms with Crippen LogP contribution in [0.15, 0.2) is 30.5 Å². The largest absolute Gasteiger partial charge is 0.367 e. The van der Waals surface area contributed by atoms with Crippen molar-refractivity contribution in [2.75, 3.05) is 10.6 Å². The van der Waals surface area contributed by atoms with Gasteiger partial charge in [0.2, 0.25) is 5.95 Å². The van der Waals surface area contributed by atoms with Crippen LogP contribution >= 0.6 is 0 Å². The Morgan fingerprint density at radius 2 is 1.65 bits per heavy atom. The Balaban J connectivity index is 1.72. The van der Waals surface area contributed by atoms with Crippen LogP contribution in [0.1, 0.15) is 49.7 Å². The maximum atomic E-state index is 4.64. The first-order valence-electron chi connectivity index (χ1n) is 8.65. The van der Waals surface area contributed by atoms with E-state index in [0.717, 1.165) is 11.5 Å². The number of hydrogen-bond donors (Lipinski definition) is 2. The van der Waals surface area contributed by atoms with Crippen LogP contribution in [0, 0.1) is 13.8 Å². The second-order valence-electron chi connectivity index (χ2n) is 6.49. The SMILES string of the molecule is Cc1cccc(C)c1Nc1nccc(NC2CCCCCC2)n1. The first-order chi connectivity index (χ1) is 11.2. The van der Waals surface area contributed by atoms with Gasteiger partial charge in [0.05, 0.1) is 0 Å². The van der Waals surface area contributed by atoms with Crippen molar-refractivity contribution < 1.29 is 0 Å². The normalized spacial score (nSPS) is 15.9. The Hall–Kier alpha value is -2.10. The Morgan fingerprint density at radius 3 is 2.35 bits per heavy atom. The molecule has 4 nitrogen and oxygen atoms in total. The van der Waals surface area contributed by atoms with Gasteiger partial charge in [0, 0.05) is 17.9 Å². The minimum absolute atomic E-state index is 0.542. The number of benzene rings is 1. The lowest BCUT2D eigenvalue weighted by Crippen LogP contribution is -2.19. The molecule has 0 unspecified atom stereocenters. The summed E-state index contributed by atoms with van der Waals surface area (Å²) in [7, 11) is 0. The zero-order valence-electron chi connectivity index (χ0n) is 14.1. The summed E-state index contributed by atoms with van der Waals surface area (Å²) in [5.74, 6) is 1.57. The molecule has 23 heavy (non-hydrogen) atoms. The topological polar surface area (TPSA) is 49.8 Å². The Bertz CT molecular complexity index is 625. The summed E-state index contributed by atoms with van der Waals surface area (Å²) in [4.78, 5) is 9.01. The number of aromatic nitrogens is 2. The smallest absolute Gasteiger partial charge is 0.229 e. The fraction of sp³-hybridized carbons (Fsp3) is 0.474. The van der Waals surface area contributed by atoms with Crippen molar-refractivity contribution >= 4 is 17.5 Å². The molecule has 1 aliphatic carbocycles. The lowest BCUT2D eigenvalue weighted by atomic mass is 10.1. The molecule has 0 atom stereocenters. The fourth-order valence-corrected chi connectivity index (χ4v) is 3.26. The molecule has 2 N–H and O–H groups in total. The molecule has 0 aliphatic heterocycles. The molecule has 4 heteroatoms. The van der Waals surface area contributed by atoms with E-state index in [9.17, 15) is 0 Å². The number of aryl methyl sites for hydroxylation is 2. The summed E-state index contributed by atoms with van der Waals surface area (Å²) in [5, 5.41) is 6.95. The third kappa shape index (κ3) is 4.21. The van der Waals surface area contributed by atoms with Gasteiger partial charge in [0.1, 0.15) is 5.82 Å². The van der Waals surface area contributed by atoms with E-state index >= 15 is 0 Å². The molecular formula is C19H26N4. The maximum Gasteiger partial charge on any atom is 0.229 e. The van der Waals surface area contributed by atoms with Crippen LogP contribution in [-0.2, 0) is 0 Å². The number of anilines is 3. The van der Waals surface area contributed by atoms with Gasteiger partial charge in [-0.3, -0.25) is 0 Å². The van der Waals surface area contributed by atoms with Gasteiger partial charge in [-0.05, 0) is 43.9 Å². The summed E-state index contributed by atoms with van der Waals surface area (Å²) in [6.45, 7) is 4.20. The lowest BCUT2D eigenvalue weighted by Gasteiger charge is -2.17. The molecule has 1 heterocycles. The quantitative estimate of drug-likeness (QED) is 0.783. The summed E-state index contributed by atoms with van der Waals surface area (Å²) in [6.07, 6.45) is 9.66. The lowest BCUT2D eigenvalue weighted by molar-refractivity contribution is 0.617. The van der Waals surface area contributed by atoms with Crippen LogP contribution in [-0.4, -0.2) is 16.0 Å². The minimum Gasteiger partial charge on any atom is -0.367 e. The number of para-hydroxylation sites is 1. The monoisotopic (exact) mass is 310 g/mol. The first kappa shape index (κ1) is 15.8. The highest BCUT2D eigenvalue weighted by molar-refractivity contribution is 5.63. The van der Waals surface area contributed by atoms with Gasteiger partial charge < -0.3 is 10.6 Å². The second-order valence-corrected chi connectivity index (χ2v) is 6.49. The van der Waals surface area contributed by atoms with E-state index in [2.05, 4.69) is 52.6 Å². The van der Waals surface area contributed by atoms with Crippen molar-refractivity contribution in [2.24, 2.45) is 0 Å². The van der Waals surface area contributed by atoms with E-state index < -0.39 is 0 Å². The molecule has 1 saturated carbocycles. The molecule has 1 aliphatic rings. The zero-order chi connectivity index (χ0) is 16.1. The Morgan fingerprint density at radius 1 is 0.957 bits per heavy atom. The van der Waals surface area contributed by atoms with E-state index in [-0.39, 0.29) is 0 Å². The predicted octanol–water partition coefficient (Wildman–Crippen LogP) is 4.97. The van der Waals surface area contributed by atoms with Crippen LogP contribution in [0.5, 0.6) is 0 Å². The van der Waals surface area contributed by atoms with Crippen LogP contribution in [0.25, 0.3) is 0 Å². The van der Waals surface area contributed by atoms with Gasteiger partial charge in [0.15, 0.2) is 0 Å². The first-order valence-corrected chi connectivity index (χ1v) is 8.65. The van der Waals surface area contributed by atoms with Crippen molar-refractivity contribution in [1.82, 2.24) is 9.97 Å². The molecule has 0 spiro atoms. The molecule has 122 valence electrons. The van der Waals surface area contributed by atoms with E-state index in [1.54, 1.807) is 0 Å². The molecule has 1 fully saturated rings. The van der Waals surface area contributed by atoms with Gasteiger partial charge in [-0.2, -0.15) is 4.98 Å². The molecular weight excluding hydrogens is 284 g/mol. The van der Waals surface area contributed by atoms with Crippen LogP contribution in [0.4, 0.5) is 17.5 Å². The number of rotatable bonds is 4. The average Bonchev–Trinajstić information content (AvgIpc) is 2.80. The van der Waals surface area contributed by atoms with Crippen LogP contribution < -0.4 is 10.6 Å². The van der Waals surface area contributed by atoms with Gasteiger partial charge in [-0.1, -0.05) is 43.9 Å². The van der Waals surface area contributed by atoms with Crippen LogP contribution in [0.3, 0.4) is 0 Å². The highest BCUT2D eigenvalue weighted by Gasteiger charge is 2.13. The predicted molar refractivity (Wildman–Crippen MR) is 96.3 cm³/mol. The summed E-state index contributed by atoms with van der Waals surface area (Å²) in [6, 6.07) is 8.77. The van der Waals surface area contributed by atoms with Crippen molar-refractivity contribution in [3.8, 4) is 0 Å². The van der Waals surface area contributed by atoms with E-state index in [1.165, 1.54) is 49.7 Å². The van der Waals surface area contributed by atoms with E-state index in [0.29, 0.717) is 12.0 Å². The molecule has 1 aromatic heterocycles. The molecule has 0 saturated heterocycles. The third-order valence-corrected chi connectivity index (χ3v) is 4.58. The van der Waals surface area contributed by atoms with Crippen LogP contribution in [0.2, 0.25) is 0 Å². The van der Waals surface area contributed by atoms with Crippen molar-refractivity contribution in [2.45, 2.75) is 58.4 Å². The van der Waals surface area contributed by atoms with Crippen molar-refractivity contribution in [1.29, 1.82) is 0 Å². The maximum absolute atomic E-state index is 4.64. The molecule has 2 aromatic rings. The minimum atomic E-state index is 0.542. The van der Waals surface area contributed by atoms with Crippen molar-refractivity contribution in [3.05, 3.63) is 41.6 Å². The number of nitrogens with zero attached hydrogens (tertiary/aromatic N) is 2. The third-order valence-electron chi connectivity index (χ3n) is 4.58. The molecule has 0 amide bonds. The molecule has 0 bridgehead atoms. The van der Waals surface area contributed by atoms with Gasteiger partial charge in [-0.15, -0.1) is 0 Å². The van der Waals surface area contributed by atoms with E-state index in [4.69, 9.17) is 0 Å². The summed E-state index contributed by atoms with van der Waals surface area (Å²) in [5.41, 5.74) is 3.51. The number of hydrogen-bond acceptors (Lipinski definition) is 4.